The zero-order valence-electron chi connectivity index (χ0n) is 10.7. The summed E-state index contributed by atoms with van der Waals surface area (Å²) in [5.74, 6) is -1.56. The second-order valence-electron chi connectivity index (χ2n) is 5.51. The summed E-state index contributed by atoms with van der Waals surface area (Å²) in [6.07, 6.45) is 2.72. The van der Waals surface area contributed by atoms with Crippen LogP contribution in [-0.2, 0) is 19.4 Å². The van der Waals surface area contributed by atoms with Crippen LogP contribution >= 0.6 is 0 Å². The van der Waals surface area contributed by atoms with Gasteiger partial charge in [0.05, 0.1) is 17.4 Å². The summed E-state index contributed by atoms with van der Waals surface area (Å²) < 4.78 is 23.0. The zero-order valence-corrected chi connectivity index (χ0v) is 11.5. The van der Waals surface area contributed by atoms with Crippen molar-refractivity contribution in [3.05, 3.63) is 0 Å². The third kappa shape index (κ3) is 3.68. The van der Waals surface area contributed by atoms with Crippen LogP contribution in [0.3, 0.4) is 0 Å². The van der Waals surface area contributed by atoms with E-state index in [4.69, 9.17) is 5.11 Å². The number of sulfone groups is 1. The molecule has 1 saturated heterocycles. The molecular formula is C12H19NO5S. The molecule has 1 amide bonds. The minimum atomic E-state index is -3.03. The van der Waals surface area contributed by atoms with Crippen molar-refractivity contribution in [2.75, 3.05) is 11.5 Å². The van der Waals surface area contributed by atoms with E-state index < -0.39 is 21.7 Å². The molecule has 2 N–H and O–H groups in total. The molecule has 0 aromatic rings. The largest absolute Gasteiger partial charge is 0.481 e. The molecule has 6 nitrogen and oxygen atoms in total. The van der Waals surface area contributed by atoms with E-state index in [2.05, 4.69) is 5.32 Å². The monoisotopic (exact) mass is 289 g/mol. The van der Waals surface area contributed by atoms with E-state index in [0.717, 1.165) is 0 Å². The van der Waals surface area contributed by atoms with Crippen LogP contribution in [-0.4, -0.2) is 42.9 Å². The second-order valence-corrected chi connectivity index (χ2v) is 7.74. The Morgan fingerprint density at radius 3 is 2.37 bits per heavy atom. The molecule has 1 aliphatic heterocycles. The Hall–Kier alpha value is -1.11. The predicted octanol–water partition coefficient (Wildman–Crippen LogP) is 0.181. The number of carbonyl (C=O) groups is 2. The Bertz CT molecular complexity index is 473. The Morgan fingerprint density at radius 1 is 1.11 bits per heavy atom. The lowest BCUT2D eigenvalue weighted by atomic mass is 10.0. The molecule has 2 rings (SSSR count). The maximum absolute atomic E-state index is 12.0. The van der Waals surface area contributed by atoms with E-state index in [1.807, 2.05) is 0 Å². The number of carboxylic acids is 1. The highest BCUT2D eigenvalue weighted by molar-refractivity contribution is 7.91. The Morgan fingerprint density at radius 2 is 1.79 bits per heavy atom. The molecule has 0 spiro atoms. The highest BCUT2D eigenvalue weighted by atomic mass is 32.2. The molecule has 1 heterocycles. The Kier molecular flexibility index (Phi) is 4.13. The van der Waals surface area contributed by atoms with Crippen molar-refractivity contribution in [2.45, 2.75) is 38.1 Å². The number of hydrogen-bond acceptors (Lipinski definition) is 4. The van der Waals surface area contributed by atoms with Gasteiger partial charge in [-0.2, -0.15) is 0 Å². The normalized spacial score (nSPS) is 33.8. The van der Waals surface area contributed by atoms with Crippen molar-refractivity contribution in [2.24, 2.45) is 11.8 Å². The molecule has 3 atom stereocenters. The van der Waals surface area contributed by atoms with Gasteiger partial charge in [-0.1, -0.05) is 0 Å². The molecule has 0 radical (unpaired) electrons. The molecule has 2 aliphatic rings. The van der Waals surface area contributed by atoms with Crippen molar-refractivity contribution in [3.63, 3.8) is 0 Å². The lowest BCUT2D eigenvalue weighted by Crippen LogP contribution is -2.45. The number of amides is 1. The zero-order chi connectivity index (χ0) is 14.0. The average Bonchev–Trinajstić information content (AvgIpc) is 2.76. The van der Waals surface area contributed by atoms with Crippen LogP contribution in [0.25, 0.3) is 0 Å². The summed E-state index contributed by atoms with van der Waals surface area (Å²) in [4.78, 5) is 22.8. The molecule has 0 aromatic carbocycles. The van der Waals surface area contributed by atoms with Crippen molar-refractivity contribution >= 4 is 21.7 Å². The van der Waals surface area contributed by atoms with Gasteiger partial charge < -0.3 is 10.4 Å². The van der Waals surface area contributed by atoms with E-state index in [0.29, 0.717) is 32.1 Å². The summed E-state index contributed by atoms with van der Waals surface area (Å²) in [5.41, 5.74) is 0. The number of aliphatic carboxylic acids is 1. The summed E-state index contributed by atoms with van der Waals surface area (Å²) in [7, 11) is -3.03. The first kappa shape index (κ1) is 14.3. The quantitative estimate of drug-likeness (QED) is 0.772. The van der Waals surface area contributed by atoms with Gasteiger partial charge in [0.2, 0.25) is 5.91 Å². The molecule has 19 heavy (non-hydrogen) atoms. The van der Waals surface area contributed by atoms with Gasteiger partial charge in [0.1, 0.15) is 0 Å². The standard InChI is InChI=1S/C12H19NO5S/c14-11(8-3-4-9(6-8)12(15)16)13-10-2-1-5-19(17,18)7-10/h8-10H,1-7H2,(H,13,14)(H,15,16). The number of rotatable bonds is 3. The number of nitrogens with one attached hydrogen (secondary N) is 1. The smallest absolute Gasteiger partial charge is 0.306 e. The number of carboxylic acid groups (broad SMARTS) is 1. The fourth-order valence-electron chi connectivity index (χ4n) is 2.90. The van der Waals surface area contributed by atoms with E-state index in [1.54, 1.807) is 0 Å². The van der Waals surface area contributed by atoms with Crippen molar-refractivity contribution in [1.29, 1.82) is 0 Å². The molecule has 7 heteroatoms. The summed E-state index contributed by atoms with van der Waals surface area (Å²) >= 11 is 0. The summed E-state index contributed by atoms with van der Waals surface area (Å²) in [6.45, 7) is 0. The summed E-state index contributed by atoms with van der Waals surface area (Å²) in [5, 5.41) is 11.7. The van der Waals surface area contributed by atoms with Gasteiger partial charge in [-0.15, -0.1) is 0 Å². The fourth-order valence-corrected chi connectivity index (χ4v) is 4.54. The highest BCUT2D eigenvalue weighted by Crippen LogP contribution is 2.31. The highest BCUT2D eigenvalue weighted by Gasteiger charge is 2.35. The van der Waals surface area contributed by atoms with Gasteiger partial charge in [-0.05, 0) is 32.1 Å². The molecule has 1 saturated carbocycles. The van der Waals surface area contributed by atoms with Crippen LogP contribution in [0.2, 0.25) is 0 Å². The second kappa shape index (κ2) is 5.48. The SMILES string of the molecule is O=C(O)C1CCC(C(=O)NC2CCCS(=O)(=O)C2)C1. The van der Waals surface area contributed by atoms with E-state index in [9.17, 15) is 18.0 Å². The number of carbonyl (C=O) groups excluding carboxylic acids is 1. The van der Waals surface area contributed by atoms with Crippen LogP contribution in [0.1, 0.15) is 32.1 Å². The molecule has 2 fully saturated rings. The lowest BCUT2D eigenvalue weighted by molar-refractivity contribution is -0.141. The molecule has 0 aromatic heterocycles. The van der Waals surface area contributed by atoms with E-state index >= 15 is 0 Å². The Labute approximate surface area is 112 Å². The van der Waals surface area contributed by atoms with Gasteiger partial charge >= 0.3 is 5.97 Å². The molecule has 108 valence electrons. The van der Waals surface area contributed by atoms with Gasteiger partial charge in [0.25, 0.3) is 0 Å². The van der Waals surface area contributed by atoms with Crippen molar-refractivity contribution in [3.8, 4) is 0 Å². The molecule has 0 bridgehead atoms. The van der Waals surface area contributed by atoms with Crippen molar-refractivity contribution in [1.82, 2.24) is 5.32 Å². The molecular weight excluding hydrogens is 270 g/mol. The first-order valence-electron chi connectivity index (χ1n) is 6.61. The minimum Gasteiger partial charge on any atom is -0.481 e. The maximum atomic E-state index is 12.0. The van der Waals surface area contributed by atoms with Gasteiger partial charge in [0.15, 0.2) is 9.84 Å². The first-order valence-corrected chi connectivity index (χ1v) is 8.43. The van der Waals surface area contributed by atoms with Crippen LogP contribution in [0.15, 0.2) is 0 Å². The lowest BCUT2D eigenvalue weighted by Gasteiger charge is -2.24. The van der Waals surface area contributed by atoms with Gasteiger partial charge in [-0.3, -0.25) is 9.59 Å². The van der Waals surface area contributed by atoms with E-state index in [-0.39, 0.29) is 29.4 Å². The average molecular weight is 289 g/mol. The van der Waals surface area contributed by atoms with Crippen LogP contribution < -0.4 is 5.32 Å². The maximum Gasteiger partial charge on any atom is 0.306 e. The molecule has 1 aliphatic carbocycles. The van der Waals surface area contributed by atoms with Crippen LogP contribution in [0, 0.1) is 11.8 Å². The fraction of sp³-hybridized carbons (Fsp3) is 0.833. The third-order valence-corrected chi connectivity index (χ3v) is 5.78. The third-order valence-electron chi connectivity index (χ3n) is 3.96. The topological polar surface area (TPSA) is 101 Å². The summed E-state index contributed by atoms with van der Waals surface area (Å²) in [6, 6.07) is -0.310. The molecule has 3 unspecified atom stereocenters. The van der Waals surface area contributed by atoms with E-state index in [1.165, 1.54) is 0 Å². The number of hydrogen-bond donors (Lipinski definition) is 2. The van der Waals surface area contributed by atoms with Crippen LogP contribution in [0.5, 0.6) is 0 Å². The minimum absolute atomic E-state index is 0.00776. The predicted molar refractivity (Wildman–Crippen MR) is 68.3 cm³/mol. The van der Waals surface area contributed by atoms with Crippen LogP contribution in [0.4, 0.5) is 0 Å². The van der Waals surface area contributed by atoms with Gasteiger partial charge in [-0.25, -0.2) is 8.42 Å². The first-order chi connectivity index (χ1) is 8.87. The van der Waals surface area contributed by atoms with Crippen molar-refractivity contribution < 1.29 is 23.1 Å². The Balaban J connectivity index is 1.86. The van der Waals surface area contributed by atoms with Gasteiger partial charge in [0, 0.05) is 12.0 Å².